The Bertz CT molecular complexity index is 3250. The number of hydrogen-bond donors (Lipinski definition) is 1. The van der Waals surface area contributed by atoms with Gasteiger partial charge in [0.25, 0.3) is 11.1 Å². The number of unbranched alkanes of at least 4 members (excludes halogenated alkanes) is 1. The zero-order valence-corrected chi connectivity index (χ0v) is 41.4. The Hall–Kier alpha value is -6.40. The van der Waals surface area contributed by atoms with Gasteiger partial charge in [-0.3, -0.25) is 27.9 Å². The van der Waals surface area contributed by atoms with Crippen molar-refractivity contribution >= 4 is 69.1 Å². The molecule has 0 saturated heterocycles. The number of imidazole rings is 2. The van der Waals surface area contributed by atoms with Crippen LogP contribution in [-0.2, 0) is 40.3 Å². The molecule has 1 N–H and O–H groups in total. The van der Waals surface area contributed by atoms with Crippen molar-refractivity contribution in [2.45, 2.75) is 92.6 Å². The summed E-state index contributed by atoms with van der Waals surface area (Å²) < 4.78 is 92.3. The van der Waals surface area contributed by atoms with E-state index in [2.05, 4.69) is 19.4 Å². The SMILES string of the molecule is C.CCCCn1c(=O)c2c(nc(Sc3cccc(OC(F)(F)F)c3)n2Cc2ccc(Cl)cc2)n(C)c1=O.Cn1c(=O)n(CCCO)c(=O)c2c1nc(Sc1cccc(OC(F)(F)F)c1)n2Cc1ccc(Cl)cc1. The number of halogens is 8. The Morgan fingerprint density at radius 1 is 0.589 bits per heavy atom. The summed E-state index contributed by atoms with van der Waals surface area (Å²) in [5.41, 5.74) is 0.189. The van der Waals surface area contributed by atoms with Crippen LogP contribution in [0.15, 0.2) is 136 Å². The Kier molecular flexibility index (Phi) is 18.1. The van der Waals surface area contributed by atoms with Crippen LogP contribution in [0.2, 0.25) is 10.0 Å². The molecule has 8 aromatic rings. The van der Waals surface area contributed by atoms with Gasteiger partial charge in [0.1, 0.15) is 11.5 Å². The van der Waals surface area contributed by atoms with Gasteiger partial charge in [-0.25, -0.2) is 19.6 Å². The molecule has 4 aromatic carbocycles. The van der Waals surface area contributed by atoms with Gasteiger partial charge >= 0.3 is 24.1 Å². The van der Waals surface area contributed by atoms with E-state index in [0.717, 1.165) is 45.6 Å². The summed E-state index contributed by atoms with van der Waals surface area (Å²) in [4.78, 5) is 62.4. The van der Waals surface area contributed by atoms with E-state index in [4.69, 9.17) is 23.2 Å². The van der Waals surface area contributed by atoms with E-state index in [1.165, 1.54) is 57.1 Å². The molecule has 0 bridgehead atoms. The molecule has 0 aliphatic heterocycles. The summed E-state index contributed by atoms with van der Waals surface area (Å²) in [6.45, 7) is 2.46. The minimum Gasteiger partial charge on any atom is -0.406 e. The van der Waals surface area contributed by atoms with Crippen LogP contribution in [0.25, 0.3) is 22.3 Å². The van der Waals surface area contributed by atoms with E-state index in [1.807, 2.05) is 6.92 Å². The molecular weight excluding hydrogens is 1050 g/mol. The van der Waals surface area contributed by atoms with Gasteiger partial charge < -0.3 is 23.7 Å². The Labute approximate surface area is 430 Å². The fraction of sp³-hybridized carbons (Fsp3) is 0.292. The molecule has 0 fully saturated rings. The molecular formula is C48H46Cl2F6N8O7S2. The predicted octanol–water partition coefficient (Wildman–Crippen LogP) is 10.1. The molecule has 0 unspecified atom stereocenters. The van der Waals surface area contributed by atoms with Gasteiger partial charge in [-0.2, -0.15) is 0 Å². The lowest BCUT2D eigenvalue weighted by Gasteiger charge is -2.12. The first kappa shape index (κ1) is 55.9. The fourth-order valence-electron chi connectivity index (χ4n) is 7.32. The molecule has 8 rings (SSSR count). The van der Waals surface area contributed by atoms with Crippen molar-refractivity contribution in [2.75, 3.05) is 6.61 Å². The molecule has 73 heavy (non-hydrogen) atoms. The summed E-state index contributed by atoms with van der Waals surface area (Å²) in [6, 6.07) is 24.8. The number of hydrogen-bond acceptors (Lipinski definition) is 11. The minimum atomic E-state index is -4.84. The van der Waals surface area contributed by atoms with E-state index >= 15 is 0 Å². The van der Waals surface area contributed by atoms with Crippen LogP contribution in [0.1, 0.15) is 44.7 Å². The van der Waals surface area contributed by atoms with Crippen molar-refractivity contribution < 1.29 is 40.9 Å². The number of aliphatic hydroxyl groups excluding tert-OH is 1. The Morgan fingerprint density at radius 2 is 0.973 bits per heavy atom. The highest BCUT2D eigenvalue weighted by atomic mass is 35.5. The predicted molar refractivity (Wildman–Crippen MR) is 267 cm³/mol. The average Bonchev–Trinajstić information content (AvgIpc) is 3.85. The summed E-state index contributed by atoms with van der Waals surface area (Å²) >= 11 is 14.1. The fourth-order valence-corrected chi connectivity index (χ4v) is 9.43. The molecule has 388 valence electrons. The van der Waals surface area contributed by atoms with Gasteiger partial charge in [0.2, 0.25) is 0 Å². The first-order valence-electron chi connectivity index (χ1n) is 21.7. The third kappa shape index (κ3) is 13.6. The van der Waals surface area contributed by atoms with Crippen LogP contribution in [0.3, 0.4) is 0 Å². The molecule has 0 saturated carbocycles. The average molecular weight is 1100 g/mol. The van der Waals surface area contributed by atoms with E-state index in [0.29, 0.717) is 31.4 Å². The van der Waals surface area contributed by atoms with Crippen molar-refractivity contribution in [1.29, 1.82) is 0 Å². The van der Waals surface area contributed by atoms with Crippen LogP contribution >= 0.6 is 46.7 Å². The summed E-state index contributed by atoms with van der Waals surface area (Å²) in [7, 11) is 3.02. The summed E-state index contributed by atoms with van der Waals surface area (Å²) in [5.74, 6) is -0.770. The summed E-state index contributed by atoms with van der Waals surface area (Å²) in [5, 5.41) is 10.9. The molecule has 0 aliphatic rings. The first-order chi connectivity index (χ1) is 34.1. The molecule has 4 aromatic heterocycles. The van der Waals surface area contributed by atoms with Crippen molar-refractivity contribution in [3.63, 3.8) is 0 Å². The van der Waals surface area contributed by atoms with Crippen molar-refractivity contribution in [1.82, 2.24) is 37.4 Å². The molecule has 0 spiro atoms. The highest BCUT2D eigenvalue weighted by molar-refractivity contribution is 7.99. The van der Waals surface area contributed by atoms with Gasteiger partial charge in [-0.15, -0.1) is 26.3 Å². The lowest BCUT2D eigenvalue weighted by atomic mass is 10.2. The highest BCUT2D eigenvalue weighted by Gasteiger charge is 2.32. The molecule has 0 aliphatic carbocycles. The number of aromatic nitrogens is 8. The summed E-state index contributed by atoms with van der Waals surface area (Å²) in [6.07, 6.45) is -8.01. The second-order valence-electron chi connectivity index (χ2n) is 15.8. The number of ether oxygens (including phenoxy) is 2. The van der Waals surface area contributed by atoms with Gasteiger partial charge in [0.05, 0.1) is 13.1 Å². The second kappa shape index (κ2) is 23.6. The van der Waals surface area contributed by atoms with E-state index in [-0.39, 0.29) is 79.9 Å². The number of nitrogens with zero attached hydrogens (tertiary/aromatic N) is 8. The quantitative estimate of drug-likeness (QED) is 0.0917. The Balaban J connectivity index is 0.000000235. The lowest BCUT2D eigenvalue weighted by Crippen LogP contribution is -2.39. The minimum absolute atomic E-state index is 0. The van der Waals surface area contributed by atoms with Crippen molar-refractivity contribution in [2.24, 2.45) is 14.1 Å². The van der Waals surface area contributed by atoms with Crippen LogP contribution < -0.4 is 32.0 Å². The maximum atomic E-state index is 13.5. The van der Waals surface area contributed by atoms with Crippen molar-refractivity contribution in [3.8, 4) is 11.5 Å². The molecule has 25 heteroatoms. The van der Waals surface area contributed by atoms with Crippen LogP contribution in [0, 0.1) is 0 Å². The number of aliphatic hydroxyl groups is 1. The van der Waals surface area contributed by atoms with Crippen molar-refractivity contribution in [3.05, 3.63) is 160 Å². The van der Waals surface area contributed by atoms with Crippen LogP contribution in [-0.4, -0.2) is 61.8 Å². The van der Waals surface area contributed by atoms with E-state index < -0.39 is 41.0 Å². The molecule has 4 heterocycles. The topological polar surface area (TPSA) is 162 Å². The van der Waals surface area contributed by atoms with E-state index in [1.54, 1.807) is 76.8 Å². The number of alkyl halides is 6. The largest absolute Gasteiger partial charge is 0.573 e. The zero-order chi connectivity index (χ0) is 52.1. The van der Waals surface area contributed by atoms with Gasteiger partial charge in [-0.1, -0.05) is 104 Å². The van der Waals surface area contributed by atoms with Gasteiger partial charge in [-0.05, 0) is 84.6 Å². The highest BCUT2D eigenvalue weighted by Crippen LogP contribution is 2.35. The monoisotopic (exact) mass is 1090 g/mol. The first-order valence-corrected chi connectivity index (χ1v) is 24.1. The normalized spacial score (nSPS) is 11.7. The molecule has 0 atom stereocenters. The number of aryl methyl sites for hydroxylation is 2. The van der Waals surface area contributed by atoms with Crippen LogP contribution in [0.5, 0.6) is 11.5 Å². The standard InChI is InChI=1S/C24H22ClF3N4O3S.C23H20ClF3N4O4S.CH4/c1-3-4-12-31-21(33)19-20(30(2)23(31)34)29-22(32(19)14-15-8-10-16(25)11-9-15)36-18-7-5-6-17(13-18)35-24(26,27)28;1-29-19-18(20(33)30(22(29)34)10-3-11-32)31(13-14-6-8-15(24)9-7-14)21(28-19)36-17-5-2-4-16(12-17)35-23(25,26)27;/h5-11,13H,3-4,12,14H2,1-2H3;2,4-9,12,32H,3,10-11,13H2,1H3;1H4. The lowest BCUT2D eigenvalue weighted by molar-refractivity contribution is -0.275. The maximum absolute atomic E-state index is 13.5. The third-order valence-electron chi connectivity index (χ3n) is 10.7. The molecule has 15 nitrogen and oxygen atoms in total. The zero-order valence-electron chi connectivity index (χ0n) is 38.2. The smallest absolute Gasteiger partial charge is 0.406 e. The number of fused-ring (bicyclic) bond motifs is 2. The molecule has 0 radical (unpaired) electrons. The van der Waals surface area contributed by atoms with Gasteiger partial charge in [0, 0.05) is 53.6 Å². The maximum Gasteiger partial charge on any atom is 0.573 e. The second-order valence-corrected chi connectivity index (χ2v) is 18.8. The third-order valence-corrected chi connectivity index (χ3v) is 13.1. The molecule has 0 amide bonds. The number of rotatable bonds is 16. The van der Waals surface area contributed by atoms with Gasteiger partial charge in [0.15, 0.2) is 32.6 Å². The van der Waals surface area contributed by atoms with E-state index in [9.17, 15) is 50.6 Å². The number of benzene rings is 4. The Morgan fingerprint density at radius 3 is 1.33 bits per heavy atom. The van der Waals surface area contributed by atoms with Crippen LogP contribution in [0.4, 0.5) is 26.3 Å².